The van der Waals surface area contributed by atoms with Crippen LogP contribution in [0.15, 0.2) is 30.3 Å². The SMILES string of the molecule is Cc1ccc2cc(CNCCC(=O)N(C)C)ccc2n1. The van der Waals surface area contributed by atoms with Gasteiger partial charge in [0.15, 0.2) is 0 Å². The Morgan fingerprint density at radius 3 is 2.80 bits per heavy atom. The molecule has 0 unspecified atom stereocenters. The molecule has 1 N–H and O–H groups in total. The van der Waals surface area contributed by atoms with Gasteiger partial charge < -0.3 is 10.2 Å². The molecule has 0 aliphatic carbocycles. The summed E-state index contributed by atoms with van der Waals surface area (Å²) in [5.41, 5.74) is 3.27. The predicted octanol–water partition coefficient (Wildman–Crippen LogP) is 2.11. The van der Waals surface area contributed by atoms with Crippen molar-refractivity contribution in [2.45, 2.75) is 19.9 Å². The summed E-state index contributed by atoms with van der Waals surface area (Å²) in [7, 11) is 3.56. The van der Waals surface area contributed by atoms with E-state index >= 15 is 0 Å². The molecule has 106 valence electrons. The molecule has 1 amide bonds. The lowest BCUT2D eigenvalue weighted by Gasteiger charge is -2.10. The molecular weight excluding hydrogens is 250 g/mol. The summed E-state index contributed by atoms with van der Waals surface area (Å²) >= 11 is 0. The first-order valence-corrected chi connectivity index (χ1v) is 6.83. The van der Waals surface area contributed by atoms with Crippen molar-refractivity contribution in [1.82, 2.24) is 15.2 Å². The Hall–Kier alpha value is -1.94. The minimum Gasteiger partial charge on any atom is -0.349 e. The third kappa shape index (κ3) is 3.78. The number of hydrogen-bond acceptors (Lipinski definition) is 3. The molecule has 0 spiro atoms. The van der Waals surface area contributed by atoms with E-state index in [9.17, 15) is 4.79 Å². The fourth-order valence-electron chi connectivity index (χ4n) is 2.04. The van der Waals surface area contributed by atoms with Crippen LogP contribution in [0.3, 0.4) is 0 Å². The van der Waals surface area contributed by atoms with E-state index in [0.717, 1.165) is 23.1 Å². The van der Waals surface area contributed by atoms with Gasteiger partial charge in [0.2, 0.25) is 5.91 Å². The monoisotopic (exact) mass is 271 g/mol. The molecule has 1 heterocycles. The third-order valence-corrected chi connectivity index (χ3v) is 3.24. The van der Waals surface area contributed by atoms with E-state index < -0.39 is 0 Å². The smallest absolute Gasteiger partial charge is 0.223 e. The summed E-state index contributed by atoms with van der Waals surface area (Å²) in [6, 6.07) is 10.4. The summed E-state index contributed by atoms with van der Waals surface area (Å²) in [5.74, 6) is 0.149. The van der Waals surface area contributed by atoms with Crippen LogP contribution >= 0.6 is 0 Å². The van der Waals surface area contributed by atoms with Gasteiger partial charge in [0.25, 0.3) is 0 Å². The molecule has 1 aromatic heterocycles. The van der Waals surface area contributed by atoms with E-state index in [-0.39, 0.29) is 5.91 Å². The maximum absolute atomic E-state index is 11.4. The largest absolute Gasteiger partial charge is 0.349 e. The summed E-state index contributed by atoms with van der Waals surface area (Å²) in [6.45, 7) is 3.46. The minimum atomic E-state index is 0.149. The van der Waals surface area contributed by atoms with Crippen LogP contribution in [0.2, 0.25) is 0 Å². The van der Waals surface area contributed by atoms with Crippen LogP contribution in [-0.2, 0) is 11.3 Å². The summed E-state index contributed by atoms with van der Waals surface area (Å²) in [4.78, 5) is 17.5. The Morgan fingerprint density at radius 1 is 1.25 bits per heavy atom. The number of carbonyl (C=O) groups is 1. The lowest BCUT2D eigenvalue weighted by Crippen LogP contribution is -2.26. The molecule has 2 aromatic rings. The van der Waals surface area contributed by atoms with Crippen molar-refractivity contribution >= 4 is 16.8 Å². The maximum atomic E-state index is 11.4. The van der Waals surface area contributed by atoms with Gasteiger partial charge in [-0.25, -0.2) is 0 Å². The lowest BCUT2D eigenvalue weighted by molar-refractivity contribution is -0.128. The molecular formula is C16H21N3O. The van der Waals surface area contributed by atoms with E-state index in [1.54, 1.807) is 19.0 Å². The van der Waals surface area contributed by atoms with Crippen LogP contribution in [0.5, 0.6) is 0 Å². The van der Waals surface area contributed by atoms with Gasteiger partial charge in [0.1, 0.15) is 0 Å². The van der Waals surface area contributed by atoms with Gasteiger partial charge in [0, 0.05) is 44.7 Å². The zero-order valence-corrected chi connectivity index (χ0v) is 12.3. The fraction of sp³-hybridized carbons (Fsp3) is 0.375. The number of carbonyl (C=O) groups excluding carboxylic acids is 1. The fourth-order valence-corrected chi connectivity index (χ4v) is 2.04. The van der Waals surface area contributed by atoms with Crippen molar-refractivity contribution in [3.8, 4) is 0 Å². The lowest BCUT2D eigenvalue weighted by atomic mass is 10.1. The first kappa shape index (κ1) is 14.5. The Kier molecular flexibility index (Phi) is 4.69. The van der Waals surface area contributed by atoms with E-state index in [0.29, 0.717) is 13.0 Å². The number of fused-ring (bicyclic) bond motifs is 1. The Balaban J connectivity index is 1.90. The number of pyridine rings is 1. The molecule has 0 aliphatic rings. The Morgan fingerprint density at radius 2 is 2.05 bits per heavy atom. The van der Waals surface area contributed by atoms with Gasteiger partial charge in [-0.2, -0.15) is 0 Å². The quantitative estimate of drug-likeness (QED) is 0.847. The van der Waals surface area contributed by atoms with Crippen molar-refractivity contribution in [2.24, 2.45) is 0 Å². The molecule has 4 nitrogen and oxygen atoms in total. The molecule has 20 heavy (non-hydrogen) atoms. The number of amides is 1. The molecule has 4 heteroatoms. The standard InChI is InChI=1S/C16H21N3O/c1-12-4-6-14-10-13(5-7-15(14)18-12)11-17-9-8-16(20)19(2)3/h4-7,10,17H,8-9,11H2,1-3H3. The van der Waals surface area contributed by atoms with Crippen LogP contribution in [0, 0.1) is 6.92 Å². The highest BCUT2D eigenvalue weighted by Crippen LogP contribution is 2.14. The average molecular weight is 271 g/mol. The van der Waals surface area contributed by atoms with E-state index in [1.165, 1.54) is 5.56 Å². The van der Waals surface area contributed by atoms with Gasteiger partial charge in [-0.05, 0) is 30.7 Å². The normalized spacial score (nSPS) is 10.8. The first-order valence-electron chi connectivity index (χ1n) is 6.83. The molecule has 0 aliphatic heterocycles. The van der Waals surface area contributed by atoms with Gasteiger partial charge in [0.05, 0.1) is 5.52 Å². The number of aryl methyl sites for hydroxylation is 1. The molecule has 0 atom stereocenters. The van der Waals surface area contributed by atoms with Gasteiger partial charge in [-0.15, -0.1) is 0 Å². The molecule has 2 rings (SSSR count). The number of aromatic nitrogens is 1. The van der Waals surface area contributed by atoms with Crippen molar-refractivity contribution in [3.63, 3.8) is 0 Å². The van der Waals surface area contributed by atoms with Crippen molar-refractivity contribution < 1.29 is 4.79 Å². The van der Waals surface area contributed by atoms with Crippen molar-refractivity contribution in [2.75, 3.05) is 20.6 Å². The molecule has 0 radical (unpaired) electrons. The zero-order valence-electron chi connectivity index (χ0n) is 12.3. The van der Waals surface area contributed by atoms with Crippen LogP contribution < -0.4 is 5.32 Å². The van der Waals surface area contributed by atoms with Crippen molar-refractivity contribution in [1.29, 1.82) is 0 Å². The zero-order chi connectivity index (χ0) is 14.5. The van der Waals surface area contributed by atoms with E-state index in [2.05, 4.69) is 28.5 Å². The molecule has 0 saturated carbocycles. The number of hydrogen-bond donors (Lipinski definition) is 1. The average Bonchev–Trinajstić information content (AvgIpc) is 2.43. The number of rotatable bonds is 5. The summed E-state index contributed by atoms with van der Waals surface area (Å²) < 4.78 is 0. The summed E-state index contributed by atoms with van der Waals surface area (Å²) in [5, 5.41) is 4.45. The highest BCUT2D eigenvalue weighted by atomic mass is 16.2. The second-order valence-corrected chi connectivity index (χ2v) is 5.19. The topological polar surface area (TPSA) is 45.2 Å². The minimum absolute atomic E-state index is 0.149. The van der Waals surface area contributed by atoms with Crippen molar-refractivity contribution in [3.05, 3.63) is 41.6 Å². The van der Waals surface area contributed by atoms with E-state index in [1.807, 2.05) is 19.1 Å². The second-order valence-electron chi connectivity index (χ2n) is 5.19. The number of benzene rings is 1. The summed E-state index contributed by atoms with van der Waals surface area (Å²) in [6.07, 6.45) is 0.529. The van der Waals surface area contributed by atoms with Crippen LogP contribution in [0.4, 0.5) is 0 Å². The van der Waals surface area contributed by atoms with Crippen LogP contribution in [0.1, 0.15) is 17.7 Å². The van der Waals surface area contributed by atoms with Crippen LogP contribution in [0.25, 0.3) is 10.9 Å². The third-order valence-electron chi connectivity index (χ3n) is 3.24. The van der Waals surface area contributed by atoms with Gasteiger partial charge >= 0.3 is 0 Å². The number of nitrogens with zero attached hydrogens (tertiary/aromatic N) is 2. The molecule has 1 aromatic carbocycles. The molecule has 0 saturated heterocycles. The predicted molar refractivity (Wildman–Crippen MR) is 81.5 cm³/mol. The number of nitrogens with one attached hydrogen (secondary N) is 1. The van der Waals surface area contributed by atoms with Gasteiger partial charge in [-0.3, -0.25) is 9.78 Å². The Bertz CT molecular complexity index is 608. The highest BCUT2D eigenvalue weighted by molar-refractivity contribution is 5.79. The van der Waals surface area contributed by atoms with Gasteiger partial charge in [-0.1, -0.05) is 12.1 Å². The first-order chi connectivity index (χ1) is 9.56. The maximum Gasteiger partial charge on any atom is 0.223 e. The highest BCUT2D eigenvalue weighted by Gasteiger charge is 2.03. The Labute approximate surface area is 119 Å². The molecule has 0 fully saturated rings. The molecule has 0 bridgehead atoms. The second kappa shape index (κ2) is 6.48. The van der Waals surface area contributed by atoms with E-state index in [4.69, 9.17) is 0 Å². The van der Waals surface area contributed by atoms with Crippen LogP contribution in [-0.4, -0.2) is 36.4 Å².